The van der Waals surface area contributed by atoms with Crippen molar-refractivity contribution in [3.63, 3.8) is 0 Å². The van der Waals surface area contributed by atoms with Gasteiger partial charge in [0, 0.05) is 0 Å². The zero-order chi connectivity index (χ0) is 12.9. The van der Waals surface area contributed by atoms with E-state index < -0.39 is 24.2 Å². The molecule has 0 bridgehead atoms. The predicted octanol–water partition coefficient (Wildman–Crippen LogP) is 0.824. The number of rotatable bonds is 4. The molecule has 0 atom stereocenters. The van der Waals surface area contributed by atoms with Crippen LogP contribution >= 0.6 is 0 Å². The van der Waals surface area contributed by atoms with Crippen molar-refractivity contribution in [2.75, 3.05) is 26.2 Å². The Morgan fingerprint density at radius 1 is 1.41 bits per heavy atom. The van der Waals surface area contributed by atoms with Crippen molar-refractivity contribution in [2.45, 2.75) is 31.5 Å². The molecule has 2 N–H and O–H groups in total. The first-order valence-electron chi connectivity index (χ1n) is 5.59. The molecule has 0 aromatic carbocycles. The number of carbonyl (C=O) groups excluding carboxylic acids is 1. The Morgan fingerprint density at radius 2 is 2.00 bits per heavy atom. The lowest BCUT2D eigenvalue weighted by atomic mass is 9.88. The summed E-state index contributed by atoms with van der Waals surface area (Å²) in [4.78, 5) is 11.8. The number of nitrogens with one attached hydrogen (secondary N) is 2. The first-order valence-corrected chi connectivity index (χ1v) is 5.59. The van der Waals surface area contributed by atoms with Crippen molar-refractivity contribution in [3.05, 3.63) is 0 Å². The molecule has 1 aliphatic rings. The smallest absolute Gasteiger partial charge is 0.401 e. The molecule has 1 fully saturated rings. The minimum Gasteiger partial charge on any atom is -0.465 e. The second kappa shape index (κ2) is 5.68. The quantitative estimate of drug-likeness (QED) is 0.729. The molecule has 0 unspecified atom stereocenters. The second-order valence-corrected chi connectivity index (χ2v) is 4.02. The SMILES string of the molecule is CCOC(=O)C1(NCC(F)(F)F)CCNCC1. The van der Waals surface area contributed by atoms with Crippen LogP contribution in [-0.2, 0) is 9.53 Å². The summed E-state index contributed by atoms with van der Waals surface area (Å²) in [5.74, 6) is -0.592. The topological polar surface area (TPSA) is 50.4 Å². The number of esters is 1. The van der Waals surface area contributed by atoms with E-state index in [2.05, 4.69) is 10.6 Å². The van der Waals surface area contributed by atoms with Crippen LogP contribution in [0, 0.1) is 0 Å². The van der Waals surface area contributed by atoms with Crippen LogP contribution in [0.1, 0.15) is 19.8 Å². The average Bonchev–Trinajstić information content (AvgIpc) is 2.27. The van der Waals surface area contributed by atoms with Gasteiger partial charge in [-0.25, -0.2) is 0 Å². The van der Waals surface area contributed by atoms with E-state index in [9.17, 15) is 18.0 Å². The first kappa shape index (κ1) is 14.2. The zero-order valence-corrected chi connectivity index (χ0v) is 9.69. The third kappa shape index (κ3) is 4.16. The molecule has 1 heterocycles. The second-order valence-electron chi connectivity index (χ2n) is 4.02. The minimum absolute atomic E-state index is 0.168. The average molecular weight is 254 g/mol. The van der Waals surface area contributed by atoms with Gasteiger partial charge in [0.05, 0.1) is 13.2 Å². The molecule has 4 nitrogen and oxygen atoms in total. The highest BCUT2D eigenvalue weighted by Gasteiger charge is 2.43. The zero-order valence-electron chi connectivity index (χ0n) is 9.69. The Kier molecular flexibility index (Phi) is 4.76. The fourth-order valence-electron chi connectivity index (χ4n) is 1.85. The first-order chi connectivity index (χ1) is 7.90. The number of hydrogen-bond acceptors (Lipinski definition) is 4. The van der Waals surface area contributed by atoms with Gasteiger partial charge in [-0.2, -0.15) is 13.2 Å². The summed E-state index contributed by atoms with van der Waals surface area (Å²) in [6, 6.07) is 0. The van der Waals surface area contributed by atoms with Gasteiger partial charge < -0.3 is 10.1 Å². The number of piperidine rings is 1. The fraction of sp³-hybridized carbons (Fsp3) is 0.900. The van der Waals surface area contributed by atoms with Gasteiger partial charge in [-0.15, -0.1) is 0 Å². The van der Waals surface area contributed by atoms with Crippen LogP contribution in [0.5, 0.6) is 0 Å². The van der Waals surface area contributed by atoms with E-state index in [0.717, 1.165) is 0 Å². The van der Waals surface area contributed by atoms with Gasteiger partial charge >= 0.3 is 12.1 Å². The number of ether oxygens (including phenoxy) is 1. The molecule has 0 saturated carbocycles. The third-order valence-electron chi connectivity index (χ3n) is 2.75. The van der Waals surface area contributed by atoms with E-state index in [1.54, 1.807) is 6.92 Å². The lowest BCUT2D eigenvalue weighted by Gasteiger charge is -2.36. The molecule has 0 radical (unpaired) electrons. The molecule has 17 heavy (non-hydrogen) atoms. The monoisotopic (exact) mass is 254 g/mol. The van der Waals surface area contributed by atoms with Crippen molar-refractivity contribution >= 4 is 5.97 Å². The molecule has 1 aliphatic heterocycles. The highest BCUT2D eigenvalue weighted by molar-refractivity contribution is 5.81. The largest absolute Gasteiger partial charge is 0.465 e. The van der Waals surface area contributed by atoms with Crippen LogP contribution in [0.2, 0.25) is 0 Å². The minimum atomic E-state index is -4.33. The van der Waals surface area contributed by atoms with Crippen molar-refractivity contribution in [3.8, 4) is 0 Å². The molecule has 0 aromatic rings. The summed E-state index contributed by atoms with van der Waals surface area (Å²) < 4.78 is 41.5. The summed E-state index contributed by atoms with van der Waals surface area (Å²) in [5, 5.41) is 5.32. The lowest BCUT2D eigenvalue weighted by molar-refractivity contribution is -0.157. The Hall–Kier alpha value is -0.820. The van der Waals surface area contributed by atoms with E-state index in [1.165, 1.54) is 0 Å². The van der Waals surface area contributed by atoms with Crippen LogP contribution in [0.15, 0.2) is 0 Å². The maximum absolute atomic E-state index is 12.2. The van der Waals surface area contributed by atoms with E-state index in [-0.39, 0.29) is 6.61 Å². The molecule has 0 aliphatic carbocycles. The summed E-state index contributed by atoms with van der Waals surface area (Å²) >= 11 is 0. The molecule has 100 valence electrons. The molecule has 1 saturated heterocycles. The van der Waals surface area contributed by atoms with E-state index in [1.807, 2.05) is 0 Å². The van der Waals surface area contributed by atoms with Crippen LogP contribution < -0.4 is 10.6 Å². The Labute approximate surface area is 97.9 Å². The van der Waals surface area contributed by atoms with Crippen molar-refractivity contribution in [2.24, 2.45) is 0 Å². The highest BCUT2D eigenvalue weighted by Crippen LogP contribution is 2.23. The summed E-state index contributed by atoms with van der Waals surface area (Å²) in [6.07, 6.45) is -3.71. The van der Waals surface area contributed by atoms with Crippen LogP contribution in [0.25, 0.3) is 0 Å². The van der Waals surface area contributed by atoms with Gasteiger partial charge in [0.2, 0.25) is 0 Å². The molecule has 0 amide bonds. The van der Waals surface area contributed by atoms with Crippen molar-refractivity contribution in [1.29, 1.82) is 0 Å². The van der Waals surface area contributed by atoms with Crippen LogP contribution in [-0.4, -0.2) is 43.9 Å². The standard InChI is InChI=1S/C10H17F3N2O2/c1-2-17-8(16)9(3-5-14-6-4-9)15-7-10(11,12)13/h14-15H,2-7H2,1H3. The number of halogens is 3. The summed E-state index contributed by atoms with van der Waals surface area (Å²) in [6.45, 7) is 1.64. The Morgan fingerprint density at radius 3 is 2.47 bits per heavy atom. The van der Waals surface area contributed by atoms with Gasteiger partial charge in [0.1, 0.15) is 5.54 Å². The lowest BCUT2D eigenvalue weighted by Crippen LogP contribution is -2.60. The molecular weight excluding hydrogens is 237 g/mol. The number of alkyl halides is 3. The molecular formula is C10H17F3N2O2. The van der Waals surface area contributed by atoms with E-state index in [0.29, 0.717) is 25.9 Å². The molecule has 0 spiro atoms. The van der Waals surface area contributed by atoms with Crippen LogP contribution in [0.4, 0.5) is 13.2 Å². The van der Waals surface area contributed by atoms with Crippen LogP contribution in [0.3, 0.4) is 0 Å². The van der Waals surface area contributed by atoms with Crippen molar-refractivity contribution < 1.29 is 22.7 Å². The van der Waals surface area contributed by atoms with E-state index >= 15 is 0 Å². The number of hydrogen-bond donors (Lipinski definition) is 2. The predicted molar refractivity (Wildman–Crippen MR) is 55.5 cm³/mol. The maximum atomic E-state index is 12.2. The highest BCUT2D eigenvalue weighted by atomic mass is 19.4. The molecule has 0 aromatic heterocycles. The third-order valence-corrected chi connectivity index (χ3v) is 2.75. The fourth-order valence-corrected chi connectivity index (χ4v) is 1.85. The van der Waals surface area contributed by atoms with Gasteiger partial charge in [-0.3, -0.25) is 10.1 Å². The number of carbonyl (C=O) groups is 1. The van der Waals surface area contributed by atoms with Crippen molar-refractivity contribution in [1.82, 2.24) is 10.6 Å². The van der Waals surface area contributed by atoms with E-state index in [4.69, 9.17) is 4.74 Å². The normalized spacial score (nSPS) is 20.0. The maximum Gasteiger partial charge on any atom is 0.401 e. The van der Waals surface area contributed by atoms with Gasteiger partial charge in [0.15, 0.2) is 0 Å². The Balaban J connectivity index is 2.68. The van der Waals surface area contributed by atoms with Gasteiger partial charge in [-0.1, -0.05) is 0 Å². The van der Waals surface area contributed by atoms with Gasteiger partial charge in [-0.05, 0) is 32.9 Å². The Bertz CT molecular complexity index is 263. The molecule has 7 heteroatoms. The summed E-state index contributed by atoms with van der Waals surface area (Å²) in [7, 11) is 0. The molecule has 1 rings (SSSR count). The summed E-state index contributed by atoms with van der Waals surface area (Å²) in [5.41, 5.74) is -1.20. The van der Waals surface area contributed by atoms with Gasteiger partial charge in [0.25, 0.3) is 0 Å².